The summed E-state index contributed by atoms with van der Waals surface area (Å²) in [6, 6.07) is 10.7. The summed E-state index contributed by atoms with van der Waals surface area (Å²) < 4.78 is 16.0. The van der Waals surface area contributed by atoms with E-state index in [-0.39, 0.29) is 18.2 Å². The number of nitrogen functional groups attached to an aromatic ring is 1. The van der Waals surface area contributed by atoms with E-state index in [1.807, 2.05) is 27.0 Å². The molecule has 4 atom stereocenters. The summed E-state index contributed by atoms with van der Waals surface area (Å²) in [7, 11) is 1.88. The first-order valence-electron chi connectivity index (χ1n) is 12.0. The van der Waals surface area contributed by atoms with Gasteiger partial charge in [-0.3, -0.25) is 0 Å². The van der Waals surface area contributed by atoms with E-state index in [4.69, 9.17) is 15.2 Å². The maximum Gasteiger partial charge on any atom is 0.163 e. The summed E-state index contributed by atoms with van der Waals surface area (Å²) in [5.41, 5.74) is 9.11. The number of pyridine rings is 1. The van der Waals surface area contributed by atoms with E-state index in [1.54, 1.807) is 6.33 Å². The van der Waals surface area contributed by atoms with Gasteiger partial charge in [0, 0.05) is 18.6 Å². The van der Waals surface area contributed by atoms with Gasteiger partial charge in [-0.15, -0.1) is 0 Å². The number of nitrogens with two attached hydrogens (primary N) is 1. The maximum atomic E-state index is 6.45. The zero-order chi connectivity index (χ0) is 24.3. The van der Waals surface area contributed by atoms with Crippen molar-refractivity contribution in [2.24, 2.45) is 5.92 Å². The van der Waals surface area contributed by atoms with Crippen LogP contribution in [0, 0.1) is 5.92 Å². The number of rotatable bonds is 5. The number of anilines is 2. The minimum absolute atomic E-state index is 0.0194. The topological polar surface area (TPSA) is 100 Å². The fraction of sp³-hybridized carbons (Fsp3) is 0.423. The van der Waals surface area contributed by atoms with Crippen LogP contribution in [0.2, 0.25) is 0 Å². The van der Waals surface area contributed by atoms with E-state index in [0.29, 0.717) is 11.7 Å². The molecular formula is C26H29BrN6O2. The molecule has 0 unspecified atom stereocenters. The lowest BCUT2D eigenvalue weighted by Gasteiger charge is -2.24. The lowest BCUT2D eigenvalue weighted by Crippen LogP contribution is -2.27. The molecular weight excluding hydrogens is 508 g/mol. The van der Waals surface area contributed by atoms with E-state index in [0.717, 1.165) is 51.5 Å². The van der Waals surface area contributed by atoms with Crippen molar-refractivity contribution in [3.8, 4) is 0 Å². The minimum atomic E-state index is -0.599. The Hall–Kier alpha value is -2.75. The number of ether oxygens (including phenoxy) is 2. The first kappa shape index (κ1) is 22.7. The smallest absolute Gasteiger partial charge is 0.163 e. The van der Waals surface area contributed by atoms with Crippen molar-refractivity contribution in [1.29, 1.82) is 0 Å². The molecule has 0 spiro atoms. The van der Waals surface area contributed by atoms with E-state index < -0.39 is 5.79 Å². The van der Waals surface area contributed by atoms with Crippen molar-refractivity contribution in [2.75, 3.05) is 18.1 Å². The van der Waals surface area contributed by atoms with Gasteiger partial charge in [0.05, 0.1) is 27.5 Å². The van der Waals surface area contributed by atoms with Crippen molar-refractivity contribution in [1.82, 2.24) is 19.5 Å². The SMILES string of the molecule is CNc1ncnc2c1ccn2[C@@H]1C[C@H](CCc2ccc3cc(Br)c(N)nc3c2)[C@H]2OC(C)(C)O[C@H]21. The van der Waals surface area contributed by atoms with E-state index in [2.05, 4.69) is 71.2 Å². The predicted molar refractivity (Wildman–Crippen MR) is 140 cm³/mol. The van der Waals surface area contributed by atoms with Crippen LogP contribution in [0.3, 0.4) is 0 Å². The number of aromatic nitrogens is 4. The molecule has 6 rings (SSSR count). The quantitative estimate of drug-likeness (QED) is 0.366. The fourth-order valence-corrected chi connectivity index (χ4v) is 6.09. The normalized spacial score (nSPS) is 25.4. The first-order valence-corrected chi connectivity index (χ1v) is 12.8. The Morgan fingerprint density at radius 1 is 1.17 bits per heavy atom. The van der Waals surface area contributed by atoms with Crippen LogP contribution >= 0.6 is 15.9 Å². The van der Waals surface area contributed by atoms with Crippen LogP contribution in [0.5, 0.6) is 0 Å². The fourth-order valence-electron chi connectivity index (χ4n) is 5.76. The first-order chi connectivity index (χ1) is 16.8. The number of halogens is 1. The summed E-state index contributed by atoms with van der Waals surface area (Å²) in [6.07, 6.45) is 6.67. The van der Waals surface area contributed by atoms with Crippen LogP contribution in [0.15, 0.2) is 47.3 Å². The Labute approximate surface area is 212 Å². The Balaban J connectivity index is 1.27. The van der Waals surface area contributed by atoms with Crippen LogP contribution in [0.25, 0.3) is 21.9 Å². The number of fused-ring (bicyclic) bond motifs is 3. The standard InChI is InChI=1S/C26H29BrN6O2/c1-26(2)34-21-16(7-5-14-4-6-15-11-18(27)23(28)32-19(15)10-14)12-20(22(21)35-26)33-9-8-17-24(29-3)30-13-31-25(17)33/h4,6,8-11,13,16,20-22H,5,7,12H2,1-3H3,(H2,28,32)(H,29,30,31)/t16-,20+,21+,22-/m0/s1. The predicted octanol–water partition coefficient (Wildman–Crippen LogP) is 5.08. The molecule has 1 saturated carbocycles. The van der Waals surface area contributed by atoms with Gasteiger partial charge in [0.25, 0.3) is 0 Å². The lowest BCUT2D eigenvalue weighted by atomic mass is 9.95. The zero-order valence-corrected chi connectivity index (χ0v) is 21.6. The molecule has 3 N–H and O–H groups in total. The molecule has 1 aliphatic carbocycles. The Morgan fingerprint density at radius 3 is 2.83 bits per heavy atom. The highest BCUT2D eigenvalue weighted by Crippen LogP contribution is 2.49. The molecule has 2 aliphatic rings. The van der Waals surface area contributed by atoms with Crippen LogP contribution in [-0.4, -0.2) is 44.6 Å². The molecule has 35 heavy (non-hydrogen) atoms. The van der Waals surface area contributed by atoms with Crippen molar-refractivity contribution < 1.29 is 9.47 Å². The van der Waals surface area contributed by atoms with Crippen molar-refractivity contribution in [3.05, 3.63) is 52.9 Å². The number of benzene rings is 1. The Kier molecular flexibility index (Phi) is 5.47. The van der Waals surface area contributed by atoms with Gasteiger partial charge in [-0.1, -0.05) is 12.1 Å². The summed E-state index contributed by atoms with van der Waals surface area (Å²) in [5, 5.41) is 5.26. The van der Waals surface area contributed by atoms with Gasteiger partial charge < -0.3 is 25.1 Å². The van der Waals surface area contributed by atoms with Gasteiger partial charge in [0.1, 0.15) is 29.7 Å². The summed E-state index contributed by atoms with van der Waals surface area (Å²) in [6.45, 7) is 4.01. The second-order valence-electron chi connectivity index (χ2n) is 9.98. The second-order valence-corrected chi connectivity index (χ2v) is 10.8. The molecule has 3 aromatic heterocycles. The molecule has 182 valence electrons. The molecule has 4 aromatic rings. The molecule has 2 fully saturated rings. The highest BCUT2D eigenvalue weighted by atomic mass is 79.9. The zero-order valence-electron chi connectivity index (χ0n) is 20.0. The monoisotopic (exact) mass is 536 g/mol. The number of nitrogens with zero attached hydrogens (tertiary/aromatic N) is 4. The Bertz CT molecular complexity index is 1420. The van der Waals surface area contributed by atoms with Crippen LogP contribution < -0.4 is 11.1 Å². The number of aryl methyl sites for hydroxylation is 1. The van der Waals surface area contributed by atoms with Gasteiger partial charge >= 0.3 is 0 Å². The van der Waals surface area contributed by atoms with Crippen molar-refractivity contribution in [3.63, 3.8) is 0 Å². The molecule has 1 saturated heterocycles. The minimum Gasteiger partial charge on any atom is -0.383 e. The molecule has 0 amide bonds. The number of hydrogen-bond acceptors (Lipinski definition) is 7. The van der Waals surface area contributed by atoms with Gasteiger partial charge in [-0.05, 0) is 78.7 Å². The van der Waals surface area contributed by atoms with Crippen LogP contribution in [0.4, 0.5) is 11.6 Å². The average Bonchev–Trinajstić information content (AvgIpc) is 3.49. The van der Waals surface area contributed by atoms with Crippen LogP contribution in [-0.2, 0) is 15.9 Å². The summed E-state index contributed by atoms with van der Waals surface area (Å²) >= 11 is 3.46. The third kappa shape index (κ3) is 3.95. The molecule has 1 aromatic carbocycles. The van der Waals surface area contributed by atoms with Gasteiger partial charge in [0.15, 0.2) is 5.79 Å². The van der Waals surface area contributed by atoms with Crippen LogP contribution in [0.1, 0.15) is 38.3 Å². The third-order valence-corrected chi connectivity index (χ3v) is 7.96. The molecule has 1 aliphatic heterocycles. The van der Waals surface area contributed by atoms with Gasteiger partial charge in [-0.2, -0.15) is 0 Å². The molecule has 8 nitrogen and oxygen atoms in total. The third-order valence-electron chi connectivity index (χ3n) is 7.32. The molecule has 0 bridgehead atoms. The summed E-state index contributed by atoms with van der Waals surface area (Å²) in [5.74, 6) is 1.12. The van der Waals surface area contributed by atoms with E-state index in [1.165, 1.54) is 5.56 Å². The Morgan fingerprint density at radius 2 is 2.00 bits per heavy atom. The maximum absolute atomic E-state index is 6.45. The highest BCUT2D eigenvalue weighted by Gasteiger charge is 2.54. The van der Waals surface area contributed by atoms with Gasteiger partial charge in [-0.25, -0.2) is 15.0 Å². The molecule has 0 radical (unpaired) electrons. The second kappa shape index (κ2) is 8.43. The highest BCUT2D eigenvalue weighted by molar-refractivity contribution is 9.10. The molecule has 4 heterocycles. The van der Waals surface area contributed by atoms with Crippen molar-refractivity contribution >= 4 is 49.5 Å². The van der Waals surface area contributed by atoms with E-state index in [9.17, 15) is 0 Å². The largest absolute Gasteiger partial charge is 0.383 e. The average molecular weight is 537 g/mol. The number of hydrogen-bond donors (Lipinski definition) is 2. The lowest BCUT2D eigenvalue weighted by molar-refractivity contribution is -0.160. The van der Waals surface area contributed by atoms with Gasteiger partial charge in [0.2, 0.25) is 0 Å². The molecule has 9 heteroatoms. The summed E-state index contributed by atoms with van der Waals surface area (Å²) in [4.78, 5) is 13.5. The number of nitrogens with one attached hydrogen (secondary N) is 1. The van der Waals surface area contributed by atoms with E-state index >= 15 is 0 Å². The van der Waals surface area contributed by atoms with Crippen molar-refractivity contribution in [2.45, 2.75) is 57.1 Å².